The molecule has 7 aromatic carbocycles. The molecule has 10 rings (SSSR count). The lowest BCUT2D eigenvalue weighted by Crippen LogP contribution is -1.94. The molecule has 3 aromatic heterocycles. The molecule has 0 unspecified atom stereocenters. The van der Waals surface area contributed by atoms with E-state index in [9.17, 15) is 0 Å². The minimum absolute atomic E-state index is 0.889. The number of hydrogen-bond acceptors (Lipinski definition) is 1. The first kappa shape index (κ1) is 31.0. The predicted molar refractivity (Wildman–Crippen MR) is 215 cm³/mol. The second kappa shape index (κ2) is 12.9. The van der Waals surface area contributed by atoms with Gasteiger partial charge in [-0.2, -0.15) is 0 Å². The molecule has 0 saturated carbocycles. The number of rotatable bonds is 3. The summed E-state index contributed by atoms with van der Waals surface area (Å²) in [4.78, 5) is 0. The average Bonchev–Trinajstić information content (AvgIpc) is 3.84. The van der Waals surface area contributed by atoms with Crippen molar-refractivity contribution in [3.05, 3.63) is 170 Å². The summed E-state index contributed by atoms with van der Waals surface area (Å²) in [6, 6.07) is 56.5. The Morgan fingerprint density at radius 3 is 1.48 bits per heavy atom. The van der Waals surface area contributed by atoms with Crippen LogP contribution in [-0.4, -0.2) is 9.13 Å². The minimum atomic E-state index is 0.889. The fourth-order valence-corrected chi connectivity index (χ4v) is 7.35. The quantitative estimate of drug-likeness (QED) is 0.175. The molecule has 0 saturated heterocycles. The van der Waals surface area contributed by atoms with Gasteiger partial charge in [-0.25, -0.2) is 0 Å². The molecule has 0 spiro atoms. The Bertz CT molecular complexity index is 2720. The lowest BCUT2D eigenvalue weighted by atomic mass is 10.0. The first-order valence-electron chi connectivity index (χ1n) is 17.3. The molecule has 0 aliphatic carbocycles. The van der Waals surface area contributed by atoms with Gasteiger partial charge in [-0.15, -0.1) is 6.58 Å². The van der Waals surface area contributed by atoms with Gasteiger partial charge in [0.1, 0.15) is 5.58 Å². The van der Waals surface area contributed by atoms with E-state index in [1.54, 1.807) is 6.08 Å². The molecule has 0 atom stereocenters. The van der Waals surface area contributed by atoms with Gasteiger partial charge in [0.25, 0.3) is 0 Å². The van der Waals surface area contributed by atoms with Crippen molar-refractivity contribution in [2.45, 2.75) is 20.8 Å². The van der Waals surface area contributed by atoms with Crippen LogP contribution in [0.25, 0.3) is 88.1 Å². The third-order valence-corrected chi connectivity index (χ3v) is 9.31. The molecule has 0 N–H and O–H groups in total. The fraction of sp³-hybridized carbons (Fsp3) is 0.0638. The van der Waals surface area contributed by atoms with Crippen molar-refractivity contribution in [2.24, 2.45) is 0 Å². The summed E-state index contributed by atoms with van der Waals surface area (Å²) in [7, 11) is 0. The zero-order valence-electron chi connectivity index (χ0n) is 28.6. The van der Waals surface area contributed by atoms with Crippen molar-refractivity contribution in [3.8, 4) is 22.5 Å². The Hall–Kier alpha value is -6.32. The van der Waals surface area contributed by atoms with Crippen LogP contribution in [0.5, 0.6) is 0 Å². The molecule has 50 heavy (non-hydrogen) atoms. The van der Waals surface area contributed by atoms with Crippen molar-refractivity contribution in [2.75, 3.05) is 0 Å². The highest BCUT2D eigenvalue weighted by Crippen LogP contribution is 2.39. The van der Waals surface area contributed by atoms with E-state index in [1.807, 2.05) is 20.8 Å². The van der Waals surface area contributed by atoms with Gasteiger partial charge in [0, 0.05) is 38.0 Å². The molecule has 3 nitrogen and oxygen atoms in total. The number of fused-ring (bicyclic) bond motifs is 9. The lowest BCUT2D eigenvalue weighted by molar-refractivity contribution is 0.666. The molecule has 3 heterocycles. The number of para-hydroxylation sites is 5. The monoisotopic (exact) mass is 646 g/mol. The number of hydrogen-bond donors (Lipinski definition) is 0. The third-order valence-electron chi connectivity index (χ3n) is 9.31. The molecule has 242 valence electrons. The molecule has 0 amide bonds. The van der Waals surface area contributed by atoms with Crippen LogP contribution in [0.2, 0.25) is 0 Å². The van der Waals surface area contributed by atoms with Gasteiger partial charge >= 0.3 is 0 Å². The van der Waals surface area contributed by atoms with Crippen LogP contribution in [0, 0.1) is 0 Å². The SMILES string of the molecule is C=CC.CC.c1cc(-c2ccc3oc4c(-n5c6ccccc6c6ccccc65)cccc4c3c2)cc(-n2c3ccccc3c3ccccc32)c1. The third kappa shape index (κ3) is 4.90. The van der Waals surface area contributed by atoms with Crippen molar-refractivity contribution in [1.29, 1.82) is 0 Å². The van der Waals surface area contributed by atoms with Crippen molar-refractivity contribution in [3.63, 3.8) is 0 Å². The van der Waals surface area contributed by atoms with E-state index < -0.39 is 0 Å². The molecule has 0 radical (unpaired) electrons. The average molecular weight is 647 g/mol. The summed E-state index contributed by atoms with van der Waals surface area (Å²) in [6.45, 7) is 9.25. The van der Waals surface area contributed by atoms with Gasteiger partial charge in [-0.3, -0.25) is 0 Å². The van der Waals surface area contributed by atoms with Crippen LogP contribution in [0.1, 0.15) is 20.8 Å². The van der Waals surface area contributed by atoms with Crippen LogP contribution in [-0.2, 0) is 0 Å². The van der Waals surface area contributed by atoms with Crippen LogP contribution in [0.3, 0.4) is 0 Å². The van der Waals surface area contributed by atoms with Crippen LogP contribution < -0.4 is 0 Å². The van der Waals surface area contributed by atoms with Gasteiger partial charge in [-0.05, 0) is 72.6 Å². The van der Waals surface area contributed by atoms with E-state index in [0.29, 0.717) is 0 Å². The number of aromatic nitrogens is 2. The van der Waals surface area contributed by atoms with E-state index in [2.05, 4.69) is 173 Å². The second-order valence-electron chi connectivity index (χ2n) is 12.2. The highest BCUT2D eigenvalue weighted by atomic mass is 16.3. The van der Waals surface area contributed by atoms with Gasteiger partial charge in [0.05, 0.1) is 27.8 Å². The Kier molecular flexibility index (Phi) is 8.02. The largest absolute Gasteiger partial charge is 0.454 e. The molecular weight excluding hydrogens is 609 g/mol. The van der Waals surface area contributed by atoms with Gasteiger partial charge in [0.2, 0.25) is 0 Å². The van der Waals surface area contributed by atoms with Crippen LogP contribution >= 0.6 is 0 Å². The van der Waals surface area contributed by atoms with Gasteiger partial charge < -0.3 is 13.6 Å². The Balaban J connectivity index is 0.000000688. The molecule has 0 aliphatic rings. The van der Waals surface area contributed by atoms with E-state index in [-0.39, 0.29) is 0 Å². The maximum Gasteiger partial charge on any atom is 0.159 e. The van der Waals surface area contributed by atoms with E-state index in [0.717, 1.165) is 38.9 Å². The zero-order valence-corrected chi connectivity index (χ0v) is 28.6. The molecular formula is C47H38N2O. The number of benzene rings is 7. The normalized spacial score (nSPS) is 11.2. The van der Waals surface area contributed by atoms with Crippen LogP contribution in [0.4, 0.5) is 0 Å². The Morgan fingerprint density at radius 2 is 0.920 bits per heavy atom. The molecule has 3 heteroatoms. The first-order chi connectivity index (χ1) is 24.7. The number of nitrogens with zero attached hydrogens (tertiary/aromatic N) is 2. The summed E-state index contributed by atoms with van der Waals surface area (Å²) < 4.78 is 11.4. The highest BCUT2D eigenvalue weighted by molar-refractivity contribution is 6.13. The van der Waals surface area contributed by atoms with E-state index in [1.165, 1.54) is 49.2 Å². The Morgan fingerprint density at radius 1 is 0.460 bits per heavy atom. The fourth-order valence-electron chi connectivity index (χ4n) is 7.35. The maximum absolute atomic E-state index is 6.65. The Labute approximate surface area is 291 Å². The predicted octanol–water partition coefficient (Wildman–Crippen LogP) is 13.7. The molecule has 0 bridgehead atoms. The summed E-state index contributed by atoms with van der Waals surface area (Å²) in [5.41, 5.74) is 11.1. The first-order valence-corrected chi connectivity index (χ1v) is 17.3. The summed E-state index contributed by atoms with van der Waals surface area (Å²) in [5.74, 6) is 0. The number of allylic oxidation sites excluding steroid dienone is 1. The molecule has 0 fully saturated rings. The number of furan rings is 1. The van der Waals surface area contributed by atoms with Crippen molar-refractivity contribution >= 4 is 65.6 Å². The standard InChI is InChI=1S/C42H26N2O.C3H6.C2H6/c1-5-18-36-30(13-1)31-14-2-6-19-37(31)43(36)29-12-9-11-27(25-29)28-23-24-41-35(26-28)34-17-10-22-40(42(34)45-41)44-38-20-7-3-15-32(38)33-16-4-8-21-39(33)44;1-3-2;1-2/h1-26H;3H,1H2,2H3;1-2H3. The van der Waals surface area contributed by atoms with Gasteiger partial charge in [-0.1, -0.05) is 123 Å². The van der Waals surface area contributed by atoms with Crippen LogP contribution in [0.15, 0.2) is 175 Å². The lowest BCUT2D eigenvalue weighted by Gasteiger charge is -2.10. The smallest absolute Gasteiger partial charge is 0.159 e. The highest BCUT2D eigenvalue weighted by Gasteiger charge is 2.18. The minimum Gasteiger partial charge on any atom is -0.454 e. The molecule has 0 aliphatic heterocycles. The summed E-state index contributed by atoms with van der Waals surface area (Å²) in [6.07, 6.45) is 1.75. The summed E-state index contributed by atoms with van der Waals surface area (Å²) in [5, 5.41) is 7.25. The maximum atomic E-state index is 6.65. The second-order valence-corrected chi connectivity index (χ2v) is 12.2. The van der Waals surface area contributed by atoms with Gasteiger partial charge in [0.15, 0.2) is 5.58 Å². The van der Waals surface area contributed by atoms with Crippen molar-refractivity contribution in [1.82, 2.24) is 9.13 Å². The van der Waals surface area contributed by atoms with E-state index >= 15 is 0 Å². The van der Waals surface area contributed by atoms with E-state index in [4.69, 9.17) is 4.42 Å². The molecule has 10 aromatic rings. The zero-order chi connectivity index (χ0) is 34.2. The summed E-state index contributed by atoms with van der Waals surface area (Å²) >= 11 is 0. The topological polar surface area (TPSA) is 23.0 Å². The van der Waals surface area contributed by atoms with Crippen molar-refractivity contribution < 1.29 is 4.42 Å².